The molecule has 238 valence electrons. The van der Waals surface area contributed by atoms with Crippen molar-refractivity contribution in [3.63, 3.8) is 0 Å². The molecule has 3 N–H and O–H groups in total. The quantitative estimate of drug-likeness (QED) is 0.203. The number of anilines is 1. The van der Waals surface area contributed by atoms with Crippen molar-refractivity contribution in [3.8, 4) is 22.8 Å². The SMILES string of the molecule is COc1ccc(C(OC[C@H]2O[C@@H](n3cc(-c4ccco4)c(N)nc3=O)[C@H](OC)[C@@H]2O)(c2ccccc2)c2ccc(OC)cc2)cc1. The van der Waals surface area contributed by atoms with Crippen molar-refractivity contribution in [1.82, 2.24) is 9.55 Å². The highest BCUT2D eigenvalue weighted by molar-refractivity contribution is 5.68. The summed E-state index contributed by atoms with van der Waals surface area (Å²) in [5.41, 5.74) is 7.14. The lowest BCUT2D eigenvalue weighted by atomic mass is 9.80. The molecular formula is C35H35N3O8. The van der Waals surface area contributed by atoms with E-state index in [1.165, 1.54) is 24.1 Å². The first-order valence-electron chi connectivity index (χ1n) is 14.7. The van der Waals surface area contributed by atoms with E-state index in [0.29, 0.717) is 22.8 Å². The number of nitrogens with two attached hydrogens (primary N) is 1. The number of aliphatic hydroxyl groups excluding tert-OH is 1. The van der Waals surface area contributed by atoms with E-state index in [4.69, 9.17) is 33.8 Å². The summed E-state index contributed by atoms with van der Waals surface area (Å²) >= 11 is 0. The van der Waals surface area contributed by atoms with Crippen LogP contribution in [0.5, 0.6) is 11.5 Å². The highest BCUT2D eigenvalue weighted by atomic mass is 16.6. The van der Waals surface area contributed by atoms with Gasteiger partial charge in [0, 0.05) is 13.3 Å². The van der Waals surface area contributed by atoms with Crippen LogP contribution in [-0.4, -0.2) is 60.9 Å². The molecule has 5 aromatic rings. The van der Waals surface area contributed by atoms with Crippen LogP contribution in [-0.2, 0) is 19.8 Å². The number of aromatic nitrogens is 2. The molecule has 3 heterocycles. The minimum atomic E-state index is -1.16. The van der Waals surface area contributed by atoms with Crippen LogP contribution in [0.3, 0.4) is 0 Å². The molecule has 0 bridgehead atoms. The maximum Gasteiger partial charge on any atom is 0.351 e. The van der Waals surface area contributed by atoms with Crippen molar-refractivity contribution in [2.24, 2.45) is 0 Å². The Morgan fingerprint density at radius 1 is 0.870 bits per heavy atom. The zero-order chi connectivity index (χ0) is 32.3. The van der Waals surface area contributed by atoms with E-state index >= 15 is 0 Å². The van der Waals surface area contributed by atoms with E-state index < -0.39 is 35.8 Å². The smallest absolute Gasteiger partial charge is 0.351 e. The van der Waals surface area contributed by atoms with E-state index in [9.17, 15) is 9.90 Å². The number of aliphatic hydroxyl groups is 1. The second-order valence-electron chi connectivity index (χ2n) is 10.8. The summed E-state index contributed by atoms with van der Waals surface area (Å²) in [6.07, 6.45) is -1.02. The standard InChI is InChI=1S/C35H35N3O8/c1-41-25-15-11-23(12-16-25)35(22-8-5-4-6-9-22,24-13-17-26(42-2)18-14-24)45-21-29-30(39)31(43-3)33(46-29)38-20-27(28-10-7-19-44-28)32(36)37-34(38)40/h4-20,29-31,33,39H,21H2,1-3H3,(H2,36,37,40)/t29-,30-,31-,33-/m1/s1. The largest absolute Gasteiger partial charge is 0.497 e. The lowest BCUT2D eigenvalue weighted by molar-refractivity contribution is -0.0966. The second-order valence-corrected chi connectivity index (χ2v) is 10.8. The summed E-state index contributed by atoms with van der Waals surface area (Å²) in [5.74, 6) is 1.82. The minimum absolute atomic E-state index is 0.00947. The molecule has 11 heteroatoms. The first-order chi connectivity index (χ1) is 22.4. The second kappa shape index (κ2) is 13.2. The summed E-state index contributed by atoms with van der Waals surface area (Å²) in [7, 11) is 4.67. The van der Waals surface area contributed by atoms with Gasteiger partial charge in [-0.05, 0) is 53.1 Å². The average Bonchev–Trinajstić information content (AvgIpc) is 3.74. The third-order valence-electron chi connectivity index (χ3n) is 8.26. The van der Waals surface area contributed by atoms with Crippen LogP contribution in [0.1, 0.15) is 22.9 Å². The van der Waals surface area contributed by atoms with E-state index in [-0.39, 0.29) is 12.4 Å². The van der Waals surface area contributed by atoms with Gasteiger partial charge >= 0.3 is 5.69 Å². The van der Waals surface area contributed by atoms with Gasteiger partial charge in [-0.2, -0.15) is 4.98 Å². The summed E-state index contributed by atoms with van der Waals surface area (Å²) in [4.78, 5) is 17.1. The van der Waals surface area contributed by atoms with Crippen LogP contribution in [0.15, 0.2) is 113 Å². The highest BCUT2D eigenvalue weighted by Crippen LogP contribution is 2.43. The van der Waals surface area contributed by atoms with Gasteiger partial charge in [-0.15, -0.1) is 0 Å². The van der Waals surface area contributed by atoms with Gasteiger partial charge in [-0.3, -0.25) is 4.57 Å². The zero-order valence-corrected chi connectivity index (χ0v) is 25.6. The Bertz CT molecular complexity index is 1740. The summed E-state index contributed by atoms with van der Waals surface area (Å²) < 4.78 is 36.6. The average molecular weight is 626 g/mol. The van der Waals surface area contributed by atoms with Crippen molar-refractivity contribution in [3.05, 3.63) is 131 Å². The van der Waals surface area contributed by atoms with E-state index in [0.717, 1.165) is 16.7 Å². The van der Waals surface area contributed by atoms with Gasteiger partial charge in [0.05, 0.1) is 32.7 Å². The topological polar surface area (TPSA) is 140 Å². The summed E-state index contributed by atoms with van der Waals surface area (Å²) in [6, 6.07) is 28.4. The molecule has 0 saturated carbocycles. The number of rotatable bonds is 11. The molecule has 1 aliphatic heterocycles. The predicted molar refractivity (Wildman–Crippen MR) is 170 cm³/mol. The number of nitrogens with zero attached hydrogens (tertiary/aromatic N) is 2. The van der Waals surface area contributed by atoms with Gasteiger partial charge < -0.3 is 38.9 Å². The molecule has 11 nitrogen and oxygen atoms in total. The predicted octanol–water partition coefficient (Wildman–Crippen LogP) is 4.38. The van der Waals surface area contributed by atoms with Gasteiger partial charge in [0.1, 0.15) is 47.0 Å². The Morgan fingerprint density at radius 3 is 2.02 bits per heavy atom. The Labute approximate surface area is 265 Å². The molecule has 0 aliphatic carbocycles. The normalized spacial score (nSPS) is 19.7. The van der Waals surface area contributed by atoms with Gasteiger partial charge in [0.15, 0.2) is 6.23 Å². The molecule has 0 spiro atoms. The van der Waals surface area contributed by atoms with Gasteiger partial charge in [-0.25, -0.2) is 4.79 Å². The molecule has 2 aromatic heterocycles. The van der Waals surface area contributed by atoms with Crippen LogP contribution in [0, 0.1) is 0 Å². The van der Waals surface area contributed by atoms with Crippen molar-refractivity contribution < 1.29 is 33.2 Å². The van der Waals surface area contributed by atoms with E-state index in [1.807, 2.05) is 78.9 Å². The molecule has 1 aliphatic rings. The lowest BCUT2D eigenvalue weighted by Crippen LogP contribution is -2.40. The highest BCUT2D eigenvalue weighted by Gasteiger charge is 2.48. The first kappa shape index (κ1) is 31.1. The first-order valence-corrected chi connectivity index (χ1v) is 14.7. The van der Waals surface area contributed by atoms with Gasteiger partial charge in [-0.1, -0.05) is 54.6 Å². The van der Waals surface area contributed by atoms with E-state index in [1.54, 1.807) is 26.4 Å². The number of benzene rings is 3. The van der Waals surface area contributed by atoms with Gasteiger partial charge in [0.25, 0.3) is 0 Å². The fraction of sp³-hybridized carbons (Fsp3) is 0.257. The van der Waals surface area contributed by atoms with Crippen LogP contribution in [0.4, 0.5) is 5.82 Å². The molecule has 1 fully saturated rings. The number of furan rings is 1. The maximum atomic E-state index is 13.1. The lowest BCUT2D eigenvalue weighted by Gasteiger charge is -2.37. The Hall–Kier alpha value is -4.94. The summed E-state index contributed by atoms with van der Waals surface area (Å²) in [5, 5.41) is 11.5. The van der Waals surface area contributed by atoms with Crippen molar-refractivity contribution in [2.75, 3.05) is 33.7 Å². The molecule has 3 aromatic carbocycles. The molecular weight excluding hydrogens is 590 g/mol. The van der Waals surface area contributed by atoms with Crippen molar-refractivity contribution in [1.29, 1.82) is 0 Å². The molecule has 1 saturated heterocycles. The fourth-order valence-electron chi connectivity index (χ4n) is 5.90. The molecule has 4 atom stereocenters. The number of ether oxygens (including phenoxy) is 5. The molecule has 46 heavy (non-hydrogen) atoms. The number of hydrogen-bond donors (Lipinski definition) is 2. The van der Waals surface area contributed by atoms with Crippen LogP contribution in [0.25, 0.3) is 11.3 Å². The van der Waals surface area contributed by atoms with E-state index in [2.05, 4.69) is 4.98 Å². The monoisotopic (exact) mass is 625 g/mol. The van der Waals surface area contributed by atoms with Crippen LogP contribution in [0.2, 0.25) is 0 Å². The Morgan fingerprint density at radius 2 is 1.48 bits per heavy atom. The third-order valence-corrected chi connectivity index (χ3v) is 8.26. The summed E-state index contributed by atoms with van der Waals surface area (Å²) in [6.45, 7) is -0.0767. The number of methoxy groups -OCH3 is 3. The number of nitrogen functional groups attached to an aromatic ring is 1. The van der Waals surface area contributed by atoms with Crippen LogP contribution < -0.4 is 20.9 Å². The van der Waals surface area contributed by atoms with Crippen LogP contribution >= 0.6 is 0 Å². The van der Waals surface area contributed by atoms with Gasteiger partial charge in [0.2, 0.25) is 0 Å². The zero-order valence-electron chi connectivity index (χ0n) is 25.6. The Balaban J connectivity index is 1.39. The maximum absolute atomic E-state index is 13.1. The molecule has 0 amide bonds. The van der Waals surface area contributed by atoms with Crippen molar-refractivity contribution in [2.45, 2.75) is 30.1 Å². The third kappa shape index (κ3) is 5.65. The number of hydrogen-bond acceptors (Lipinski definition) is 10. The molecule has 0 radical (unpaired) electrons. The Kier molecular flexibility index (Phi) is 8.91. The molecule has 0 unspecified atom stereocenters. The van der Waals surface area contributed by atoms with Crippen molar-refractivity contribution >= 4 is 5.82 Å². The fourth-order valence-corrected chi connectivity index (χ4v) is 5.90. The molecule has 6 rings (SSSR count). The minimum Gasteiger partial charge on any atom is -0.497 e.